The van der Waals surface area contributed by atoms with Gasteiger partial charge in [-0.15, -0.1) is 0 Å². The number of fused-ring (bicyclic) bond motifs is 2. The lowest BCUT2D eigenvalue weighted by Crippen LogP contribution is -2.67. The monoisotopic (exact) mass is 474 g/mol. The fourth-order valence-electron chi connectivity index (χ4n) is 5.41. The average Bonchev–Trinajstić information content (AvgIpc) is 3.34. The molecule has 34 heavy (non-hydrogen) atoms. The van der Waals surface area contributed by atoms with Crippen LogP contribution in [0.15, 0.2) is 60.7 Å². The number of ether oxygens (including phenoxy) is 2. The number of β-lactam (4-membered cyclic amide) rings is 1. The van der Waals surface area contributed by atoms with Gasteiger partial charge in [-0.05, 0) is 58.4 Å². The minimum atomic E-state index is -0.827. The summed E-state index contributed by atoms with van der Waals surface area (Å²) in [6, 6.07) is 20.0. The molecule has 0 radical (unpaired) electrons. The summed E-state index contributed by atoms with van der Waals surface area (Å²) >= 11 is 1.84. The first-order chi connectivity index (χ1) is 16.7. The summed E-state index contributed by atoms with van der Waals surface area (Å²) in [5.74, 6) is 3.12. The van der Waals surface area contributed by atoms with E-state index in [1.807, 2.05) is 53.1 Å². The van der Waals surface area contributed by atoms with Crippen LogP contribution in [0.3, 0.4) is 0 Å². The third-order valence-electron chi connectivity index (χ3n) is 7.25. The van der Waals surface area contributed by atoms with E-state index in [1.165, 1.54) is 0 Å². The smallest absolute Gasteiger partial charge is 0.246 e. The van der Waals surface area contributed by atoms with Crippen molar-refractivity contribution in [3.05, 3.63) is 71.8 Å². The van der Waals surface area contributed by atoms with Crippen molar-refractivity contribution in [3.8, 4) is 11.5 Å². The molecular formula is C27H26N2O4S. The molecule has 3 heterocycles. The molecule has 6 nitrogen and oxygen atoms in total. The van der Waals surface area contributed by atoms with Gasteiger partial charge in [0.1, 0.15) is 5.54 Å². The third-order valence-corrected chi connectivity index (χ3v) is 8.24. The van der Waals surface area contributed by atoms with Gasteiger partial charge in [0, 0.05) is 6.54 Å². The molecule has 174 valence electrons. The van der Waals surface area contributed by atoms with E-state index in [1.54, 1.807) is 0 Å². The van der Waals surface area contributed by atoms with Gasteiger partial charge in [-0.3, -0.25) is 9.59 Å². The van der Waals surface area contributed by atoms with E-state index in [4.69, 9.17) is 9.47 Å². The summed E-state index contributed by atoms with van der Waals surface area (Å²) in [5, 5.41) is 5.49. The van der Waals surface area contributed by atoms with Crippen LogP contribution in [0, 0.1) is 0 Å². The molecule has 0 aromatic heterocycles. The zero-order chi connectivity index (χ0) is 23.1. The molecular weight excluding hydrogens is 448 g/mol. The van der Waals surface area contributed by atoms with E-state index in [-0.39, 0.29) is 24.6 Å². The molecule has 7 heteroatoms. The lowest BCUT2D eigenvalue weighted by atomic mass is 9.80. The molecule has 3 aromatic carbocycles. The summed E-state index contributed by atoms with van der Waals surface area (Å²) in [6.07, 6.45) is 1.72. The van der Waals surface area contributed by atoms with E-state index in [0.29, 0.717) is 31.6 Å². The summed E-state index contributed by atoms with van der Waals surface area (Å²) in [4.78, 5) is 28.7. The molecule has 1 N–H and O–H groups in total. The summed E-state index contributed by atoms with van der Waals surface area (Å²) in [5.41, 5.74) is 1.24. The van der Waals surface area contributed by atoms with Crippen molar-refractivity contribution in [2.45, 2.75) is 37.4 Å². The Hall–Kier alpha value is -3.19. The maximum atomic E-state index is 13.8. The number of likely N-dealkylation sites (tertiary alicyclic amines) is 1. The minimum Gasteiger partial charge on any atom is -0.454 e. The lowest BCUT2D eigenvalue weighted by molar-refractivity contribution is -0.166. The first kappa shape index (κ1) is 21.4. The van der Waals surface area contributed by atoms with Crippen LogP contribution in [-0.2, 0) is 16.1 Å². The van der Waals surface area contributed by atoms with E-state index in [9.17, 15) is 9.59 Å². The maximum Gasteiger partial charge on any atom is 0.246 e. The second kappa shape index (κ2) is 8.55. The first-order valence-corrected chi connectivity index (χ1v) is 12.9. The van der Waals surface area contributed by atoms with Crippen LogP contribution in [0.2, 0.25) is 0 Å². The molecule has 0 spiro atoms. The van der Waals surface area contributed by atoms with Crippen molar-refractivity contribution in [3.63, 3.8) is 0 Å². The highest BCUT2D eigenvalue weighted by Crippen LogP contribution is 2.47. The average molecular weight is 475 g/mol. The van der Waals surface area contributed by atoms with Crippen LogP contribution in [-0.4, -0.2) is 40.6 Å². The molecule has 6 rings (SSSR count). The molecule has 0 saturated carbocycles. The van der Waals surface area contributed by atoms with Crippen LogP contribution in [0.1, 0.15) is 36.4 Å². The SMILES string of the molecule is O=C1CC(c2ccc3c(c2)OCO3)N1C1(C(=O)NCc2cccc3ccccc23)CCSCC1. The summed E-state index contributed by atoms with van der Waals surface area (Å²) in [7, 11) is 0. The van der Waals surface area contributed by atoms with Crippen molar-refractivity contribution >= 4 is 34.3 Å². The van der Waals surface area contributed by atoms with E-state index in [0.717, 1.165) is 39.2 Å². The fourth-order valence-corrected chi connectivity index (χ4v) is 6.58. The van der Waals surface area contributed by atoms with Gasteiger partial charge in [-0.25, -0.2) is 0 Å². The largest absolute Gasteiger partial charge is 0.454 e. The van der Waals surface area contributed by atoms with E-state index in [2.05, 4.69) is 29.6 Å². The Morgan fingerprint density at radius 2 is 1.82 bits per heavy atom. The number of nitrogens with one attached hydrogen (secondary N) is 1. The number of hydrogen-bond acceptors (Lipinski definition) is 5. The predicted octanol–water partition coefficient (Wildman–Crippen LogP) is 4.42. The van der Waals surface area contributed by atoms with Crippen molar-refractivity contribution in [1.82, 2.24) is 10.2 Å². The van der Waals surface area contributed by atoms with Gasteiger partial charge >= 0.3 is 0 Å². The lowest BCUT2D eigenvalue weighted by Gasteiger charge is -2.54. The van der Waals surface area contributed by atoms with Gasteiger partial charge in [0.05, 0.1) is 12.5 Å². The van der Waals surface area contributed by atoms with Gasteiger partial charge in [0.2, 0.25) is 18.6 Å². The van der Waals surface area contributed by atoms with Crippen molar-refractivity contribution < 1.29 is 19.1 Å². The minimum absolute atomic E-state index is 0.0369. The standard InChI is InChI=1S/C27H26N2O4S/c30-25-15-22(19-8-9-23-24(14-19)33-17-32-23)29(25)27(10-12-34-13-11-27)26(31)28-16-20-6-3-5-18-4-1-2-7-21(18)20/h1-9,14,22H,10-13,15-17H2,(H,28,31). The van der Waals surface area contributed by atoms with E-state index >= 15 is 0 Å². The van der Waals surface area contributed by atoms with Gasteiger partial charge in [-0.2, -0.15) is 11.8 Å². The van der Waals surface area contributed by atoms with E-state index < -0.39 is 5.54 Å². The number of carbonyl (C=O) groups is 2. The van der Waals surface area contributed by atoms with Crippen LogP contribution < -0.4 is 14.8 Å². The van der Waals surface area contributed by atoms with Crippen LogP contribution in [0.5, 0.6) is 11.5 Å². The molecule has 0 aliphatic carbocycles. The topological polar surface area (TPSA) is 67.9 Å². The first-order valence-electron chi connectivity index (χ1n) is 11.7. The van der Waals surface area contributed by atoms with Crippen LogP contribution >= 0.6 is 11.8 Å². The molecule has 3 aliphatic heterocycles. The zero-order valence-electron chi connectivity index (χ0n) is 18.8. The highest BCUT2D eigenvalue weighted by atomic mass is 32.2. The molecule has 2 fully saturated rings. The quantitative estimate of drug-likeness (QED) is 0.555. The predicted molar refractivity (Wildman–Crippen MR) is 132 cm³/mol. The third kappa shape index (κ3) is 3.50. The van der Waals surface area contributed by atoms with Gasteiger partial charge < -0.3 is 19.7 Å². The number of nitrogens with zero attached hydrogens (tertiary/aromatic N) is 1. The number of hydrogen-bond donors (Lipinski definition) is 1. The number of thioether (sulfide) groups is 1. The zero-order valence-corrected chi connectivity index (χ0v) is 19.6. The Kier molecular flexibility index (Phi) is 5.37. The molecule has 2 amide bonds. The number of benzene rings is 3. The normalized spacial score (nSPS) is 20.8. The Balaban J connectivity index is 1.28. The highest BCUT2D eigenvalue weighted by molar-refractivity contribution is 7.99. The second-order valence-corrected chi connectivity index (χ2v) is 10.3. The summed E-state index contributed by atoms with van der Waals surface area (Å²) < 4.78 is 11.0. The Bertz CT molecular complexity index is 1270. The van der Waals surface area contributed by atoms with Gasteiger partial charge in [0.15, 0.2) is 11.5 Å². The molecule has 1 unspecified atom stereocenters. The van der Waals surface area contributed by atoms with Crippen molar-refractivity contribution in [2.75, 3.05) is 18.3 Å². The molecule has 1 atom stereocenters. The van der Waals surface area contributed by atoms with Crippen molar-refractivity contribution in [1.29, 1.82) is 0 Å². The fraction of sp³-hybridized carbons (Fsp3) is 0.333. The number of rotatable bonds is 5. The second-order valence-electron chi connectivity index (χ2n) is 9.06. The Morgan fingerprint density at radius 1 is 1.03 bits per heavy atom. The number of carbonyl (C=O) groups excluding carboxylic acids is 2. The van der Waals surface area contributed by atoms with Gasteiger partial charge in [-0.1, -0.05) is 48.5 Å². The molecule has 3 aromatic rings. The molecule has 0 bridgehead atoms. The summed E-state index contributed by atoms with van der Waals surface area (Å²) in [6.45, 7) is 0.648. The maximum absolute atomic E-state index is 13.8. The van der Waals surface area contributed by atoms with Gasteiger partial charge in [0.25, 0.3) is 0 Å². The molecule has 2 saturated heterocycles. The number of amides is 2. The highest BCUT2D eigenvalue weighted by Gasteiger charge is 2.55. The Labute approximate surface area is 202 Å². The van der Waals surface area contributed by atoms with Crippen LogP contribution in [0.25, 0.3) is 10.8 Å². The van der Waals surface area contributed by atoms with Crippen LogP contribution in [0.4, 0.5) is 0 Å². The molecule has 3 aliphatic rings. The van der Waals surface area contributed by atoms with Crippen molar-refractivity contribution in [2.24, 2.45) is 0 Å². The Morgan fingerprint density at radius 3 is 2.68 bits per heavy atom.